The lowest BCUT2D eigenvalue weighted by Gasteiger charge is -2.18. The quantitative estimate of drug-likeness (QED) is 0.436. The van der Waals surface area contributed by atoms with Crippen molar-refractivity contribution in [3.8, 4) is 0 Å². The largest absolute Gasteiger partial charge is 0.333 e. The van der Waals surface area contributed by atoms with E-state index < -0.39 is 0 Å². The van der Waals surface area contributed by atoms with Crippen LogP contribution < -0.4 is 4.90 Å². The number of aromatic amines is 1. The van der Waals surface area contributed by atoms with E-state index in [2.05, 4.69) is 34.0 Å². The molecule has 1 amide bonds. The molecule has 0 aliphatic carbocycles. The molecule has 0 aliphatic heterocycles. The molecule has 0 unspecified atom stereocenters. The van der Waals surface area contributed by atoms with E-state index in [0.717, 1.165) is 33.1 Å². The van der Waals surface area contributed by atoms with Gasteiger partial charge < -0.3 is 4.98 Å². The minimum absolute atomic E-state index is 0.0493. The van der Waals surface area contributed by atoms with Gasteiger partial charge in [0.05, 0.1) is 22.4 Å². The second-order valence-corrected chi connectivity index (χ2v) is 8.47. The van der Waals surface area contributed by atoms with Gasteiger partial charge in [0.15, 0.2) is 10.3 Å². The van der Waals surface area contributed by atoms with Crippen molar-refractivity contribution < 1.29 is 4.79 Å². The van der Waals surface area contributed by atoms with Gasteiger partial charge in [-0.2, -0.15) is 0 Å². The monoisotopic (exact) mass is 408 g/mol. The fourth-order valence-electron chi connectivity index (χ4n) is 2.97. The van der Waals surface area contributed by atoms with Gasteiger partial charge in [0, 0.05) is 18.1 Å². The Balaban J connectivity index is 1.51. The number of carbonyl (C=O) groups excluding carboxylic acids is 1. The number of imidazole rings is 1. The maximum absolute atomic E-state index is 12.2. The molecule has 0 radical (unpaired) electrons. The van der Waals surface area contributed by atoms with Gasteiger partial charge in [-0.3, -0.25) is 9.69 Å². The topological polar surface area (TPSA) is 61.9 Å². The third-order valence-electron chi connectivity index (χ3n) is 4.28. The number of anilines is 2. The molecule has 0 atom stereocenters. The first-order valence-corrected chi connectivity index (χ1v) is 10.8. The Labute approximate surface area is 171 Å². The van der Waals surface area contributed by atoms with E-state index in [9.17, 15) is 4.79 Å². The molecule has 2 heterocycles. The van der Waals surface area contributed by atoms with Gasteiger partial charge in [0.1, 0.15) is 0 Å². The molecule has 0 saturated heterocycles. The highest BCUT2D eigenvalue weighted by Crippen LogP contribution is 2.31. The van der Waals surface area contributed by atoms with E-state index in [1.165, 1.54) is 16.9 Å². The zero-order chi connectivity index (χ0) is 19.7. The molecule has 0 bridgehead atoms. The molecule has 4 rings (SSSR count). The minimum Gasteiger partial charge on any atom is -0.333 e. The molecular formula is C21H20N4OS2. The minimum atomic E-state index is -0.0493. The van der Waals surface area contributed by atoms with Gasteiger partial charge in [-0.25, -0.2) is 9.97 Å². The van der Waals surface area contributed by atoms with Gasteiger partial charge in [-0.15, -0.1) is 11.3 Å². The summed E-state index contributed by atoms with van der Waals surface area (Å²) in [5.41, 5.74) is 6.10. The van der Waals surface area contributed by atoms with Crippen molar-refractivity contribution in [3.05, 3.63) is 64.7 Å². The van der Waals surface area contributed by atoms with Gasteiger partial charge in [-0.05, 0) is 49.2 Å². The van der Waals surface area contributed by atoms with Crippen molar-refractivity contribution in [1.29, 1.82) is 0 Å². The van der Waals surface area contributed by atoms with Gasteiger partial charge in [-0.1, -0.05) is 30.0 Å². The number of nitrogens with zero attached hydrogens (tertiary/aromatic N) is 3. The summed E-state index contributed by atoms with van der Waals surface area (Å²) in [6.45, 7) is 5.65. The van der Waals surface area contributed by atoms with E-state index in [-0.39, 0.29) is 5.91 Å². The lowest BCUT2D eigenvalue weighted by Crippen LogP contribution is -2.22. The zero-order valence-electron chi connectivity index (χ0n) is 15.9. The number of amides is 1. The van der Waals surface area contributed by atoms with Crippen molar-refractivity contribution >= 4 is 50.9 Å². The lowest BCUT2D eigenvalue weighted by molar-refractivity contribution is -0.115. The highest BCUT2D eigenvalue weighted by Gasteiger charge is 2.18. The molecule has 2 aromatic carbocycles. The summed E-state index contributed by atoms with van der Waals surface area (Å²) < 4.78 is 0. The number of rotatable bonds is 5. The van der Waals surface area contributed by atoms with Crippen molar-refractivity contribution in [3.63, 3.8) is 0 Å². The predicted octanol–water partition coefficient (Wildman–Crippen LogP) is 5.61. The van der Waals surface area contributed by atoms with E-state index >= 15 is 0 Å². The highest BCUT2D eigenvalue weighted by molar-refractivity contribution is 7.98. The number of H-pyrrole nitrogens is 1. The number of aromatic nitrogens is 3. The SMILES string of the molecule is CC(=O)N(c1cccc(C)c1)c1nc(CSc2nc3ccc(C)cc3[nH]2)cs1. The van der Waals surface area contributed by atoms with Crippen LogP contribution in [0.15, 0.2) is 53.0 Å². The average molecular weight is 409 g/mol. The number of nitrogens with one attached hydrogen (secondary N) is 1. The van der Waals surface area contributed by atoms with Crippen molar-refractivity contribution in [2.45, 2.75) is 31.7 Å². The van der Waals surface area contributed by atoms with Gasteiger partial charge in [0.25, 0.3) is 0 Å². The first-order valence-electron chi connectivity index (χ1n) is 8.90. The van der Waals surface area contributed by atoms with Crippen LogP contribution in [-0.2, 0) is 10.5 Å². The van der Waals surface area contributed by atoms with Gasteiger partial charge in [0.2, 0.25) is 5.91 Å². The maximum atomic E-state index is 12.2. The molecule has 2 aromatic heterocycles. The third-order valence-corrected chi connectivity index (χ3v) is 6.06. The molecule has 0 spiro atoms. The van der Waals surface area contributed by atoms with Gasteiger partial charge >= 0.3 is 0 Å². The highest BCUT2D eigenvalue weighted by atomic mass is 32.2. The summed E-state index contributed by atoms with van der Waals surface area (Å²) in [4.78, 5) is 26.6. The number of aryl methyl sites for hydroxylation is 2. The molecular weight excluding hydrogens is 388 g/mol. The number of thioether (sulfide) groups is 1. The summed E-state index contributed by atoms with van der Waals surface area (Å²) in [7, 11) is 0. The molecule has 7 heteroatoms. The standard InChI is InChI=1S/C21H20N4OS2/c1-13-5-4-6-17(9-13)25(15(3)26)21-22-16(12-28-21)11-27-20-23-18-8-7-14(2)10-19(18)24-20/h4-10,12H,11H2,1-3H3,(H,23,24). The molecule has 142 valence electrons. The van der Waals surface area contributed by atoms with Crippen LogP contribution in [0, 0.1) is 13.8 Å². The Morgan fingerprint density at radius 2 is 1.96 bits per heavy atom. The van der Waals surface area contributed by atoms with Crippen LogP contribution >= 0.6 is 23.1 Å². The van der Waals surface area contributed by atoms with E-state index in [1.807, 2.05) is 42.6 Å². The number of benzene rings is 2. The van der Waals surface area contributed by atoms with Crippen molar-refractivity contribution in [1.82, 2.24) is 15.0 Å². The summed E-state index contributed by atoms with van der Waals surface area (Å²) >= 11 is 3.09. The first-order chi connectivity index (χ1) is 13.5. The Kier molecular flexibility index (Phi) is 5.19. The lowest BCUT2D eigenvalue weighted by atomic mass is 10.2. The number of hydrogen-bond donors (Lipinski definition) is 1. The van der Waals surface area contributed by atoms with Crippen LogP contribution in [0.5, 0.6) is 0 Å². The smallest absolute Gasteiger partial charge is 0.230 e. The Morgan fingerprint density at radius 1 is 1.14 bits per heavy atom. The molecule has 0 fully saturated rings. The molecule has 0 saturated carbocycles. The van der Waals surface area contributed by atoms with Crippen molar-refractivity contribution in [2.24, 2.45) is 0 Å². The van der Waals surface area contributed by atoms with Crippen LogP contribution in [0.3, 0.4) is 0 Å². The first kappa shape index (κ1) is 18.7. The Morgan fingerprint density at radius 3 is 2.75 bits per heavy atom. The summed E-state index contributed by atoms with van der Waals surface area (Å²) in [6.07, 6.45) is 0. The fourth-order valence-corrected chi connectivity index (χ4v) is 4.74. The second kappa shape index (κ2) is 7.77. The summed E-state index contributed by atoms with van der Waals surface area (Å²) in [5, 5.41) is 3.56. The molecule has 0 aliphatic rings. The van der Waals surface area contributed by atoms with E-state index in [0.29, 0.717) is 10.9 Å². The Hall–Kier alpha value is -2.64. The predicted molar refractivity (Wildman–Crippen MR) is 117 cm³/mol. The van der Waals surface area contributed by atoms with Crippen LogP contribution in [0.4, 0.5) is 10.8 Å². The molecule has 1 N–H and O–H groups in total. The second-order valence-electron chi connectivity index (χ2n) is 6.67. The molecule has 5 nitrogen and oxygen atoms in total. The number of hydrogen-bond acceptors (Lipinski definition) is 5. The maximum Gasteiger partial charge on any atom is 0.230 e. The summed E-state index contributed by atoms with van der Waals surface area (Å²) in [6, 6.07) is 14.1. The Bertz CT molecular complexity index is 1150. The van der Waals surface area contributed by atoms with Crippen LogP contribution in [0.25, 0.3) is 11.0 Å². The van der Waals surface area contributed by atoms with E-state index in [1.54, 1.807) is 23.6 Å². The summed E-state index contributed by atoms with van der Waals surface area (Å²) in [5.74, 6) is 0.640. The molecule has 4 aromatic rings. The zero-order valence-corrected chi connectivity index (χ0v) is 17.5. The normalized spacial score (nSPS) is 11.1. The number of thiazole rings is 1. The van der Waals surface area contributed by atoms with E-state index in [4.69, 9.17) is 0 Å². The van der Waals surface area contributed by atoms with Crippen LogP contribution in [-0.4, -0.2) is 20.9 Å². The van der Waals surface area contributed by atoms with Crippen LogP contribution in [0.2, 0.25) is 0 Å². The fraction of sp³-hybridized carbons (Fsp3) is 0.190. The molecule has 28 heavy (non-hydrogen) atoms. The number of carbonyl (C=O) groups is 1. The average Bonchev–Trinajstić information content (AvgIpc) is 3.26. The van der Waals surface area contributed by atoms with Crippen LogP contribution in [0.1, 0.15) is 23.7 Å². The third kappa shape index (κ3) is 3.95. The number of fused-ring (bicyclic) bond motifs is 1. The van der Waals surface area contributed by atoms with Crippen molar-refractivity contribution in [2.75, 3.05) is 4.90 Å².